The molecule has 0 fully saturated rings. The first-order valence-electron chi connectivity index (χ1n) is 19.5. The van der Waals surface area contributed by atoms with Gasteiger partial charge in [-0.25, -0.2) is 9.98 Å². The number of amidine groups is 2. The van der Waals surface area contributed by atoms with Gasteiger partial charge in [0.05, 0.1) is 18.0 Å². The van der Waals surface area contributed by atoms with Gasteiger partial charge in [-0.15, -0.1) is 0 Å². The fourth-order valence-electron chi connectivity index (χ4n) is 9.86. The highest BCUT2D eigenvalue weighted by Gasteiger charge is 2.50. The second kappa shape index (κ2) is 12.7. The zero-order valence-corrected chi connectivity index (χ0v) is 30.0. The minimum Gasteiger partial charge on any atom is -0.356 e. The number of nitrogens with zero attached hydrogens (tertiary/aromatic N) is 4. The van der Waals surface area contributed by atoms with Gasteiger partial charge in [0.15, 0.2) is 5.84 Å². The SMILES string of the molecule is C1=CCC(C2N=C(C3=C(N4C5=Cc6ccccc6C(N6c7ccccc7C7C=CC=CC76)C5c5ccccc54)CCC=C3)N=C(c3ccccc3)N2)C=C1. The highest BCUT2D eigenvalue weighted by atomic mass is 15.3. The first-order valence-corrected chi connectivity index (χ1v) is 19.5. The molecule has 7 aliphatic rings. The summed E-state index contributed by atoms with van der Waals surface area (Å²) in [7, 11) is 0. The number of hydrogen-bond donors (Lipinski definition) is 1. The molecule has 3 aliphatic heterocycles. The van der Waals surface area contributed by atoms with E-state index in [4.69, 9.17) is 9.98 Å². The number of anilines is 2. The van der Waals surface area contributed by atoms with Gasteiger partial charge in [0, 0.05) is 45.7 Å². The number of fused-ring (bicyclic) bond motifs is 7. The van der Waals surface area contributed by atoms with E-state index in [0.717, 1.165) is 42.1 Å². The predicted octanol–water partition coefficient (Wildman–Crippen LogP) is 10.3. The summed E-state index contributed by atoms with van der Waals surface area (Å²) in [6.07, 6.45) is 27.8. The minimum absolute atomic E-state index is 0.109. The number of benzene rings is 4. The molecule has 4 aromatic rings. The van der Waals surface area contributed by atoms with E-state index in [9.17, 15) is 0 Å². The lowest BCUT2D eigenvalue weighted by atomic mass is 9.78. The third-order valence-corrected chi connectivity index (χ3v) is 12.2. The van der Waals surface area contributed by atoms with Gasteiger partial charge in [0.1, 0.15) is 12.0 Å². The van der Waals surface area contributed by atoms with Crippen LogP contribution in [0.25, 0.3) is 6.08 Å². The number of para-hydroxylation sites is 2. The summed E-state index contributed by atoms with van der Waals surface area (Å²) in [5.74, 6) is 2.38. The van der Waals surface area contributed by atoms with Crippen molar-refractivity contribution < 1.29 is 0 Å². The van der Waals surface area contributed by atoms with Crippen molar-refractivity contribution in [2.24, 2.45) is 15.9 Å². The second-order valence-corrected chi connectivity index (χ2v) is 15.1. The zero-order valence-electron chi connectivity index (χ0n) is 30.0. The van der Waals surface area contributed by atoms with E-state index in [0.29, 0.717) is 5.92 Å². The van der Waals surface area contributed by atoms with Crippen LogP contribution < -0.4 is 15.1 Å². The number of rotatable bonds is 5. The van der Waals surface area contributed by atoms with E-state index in [1.807, 2.05) is 0 Å². The maximum absolute atomic E-state index is 5.43. The molecule has 0 radical (unpaired) electrons. The molecule has 5 nitrogen and oxygen atoms in total. The van der Waals surface area contributed by atoms with Gasteiger partial charge in [0.2, 0.25) is 0 Å². The Labute approximate surface area is 317 Å². The molecular formula is C49H41N5. The Morgan fingerprint density at radius 2 is 1.44 bits per heavy atom. The molecule has 0 aromatic heterocycles. The zero-order chi connectivity index (χ0) is 35.6. The van der Waals surface area contributed by atoms with Gasteiger partial charge in [-0.1, -0.05) is 152 Å². The molecule has 0 saturated heterocycles. The summed E-state index contributed by atoms with van der Waals surface area (Å²) < 4.78 is 0. The van der Waals surface area contributed by atoms with Crippen molar-refractivity contribution in [1.29, 1.82) is 0 Å². The van der Waals surface area contributed by atoms with Crippen LogP contribution in [0.3, 0.4) is 0 Å². The third kappa shape index (κ3) is 4.91. The number of allylic oxidation sites excluding steroid dienone is 7. The van der Waals surface area contributed by atoms with Crippen LogP contribution in [0.5, 0.6) is 0 Å². The van der Waals surface area contributed by atoms with Gasteiger partial charge in [-0.3, -0.25) is 0 Å². The van der Waals surface area contributed by atoms with Crippen LogP contribution >= 0.6 is 0 Å². The average Bonchev–Trinajstić information content (AvgIpc) is 3.76. The number of nitrogens with one attached hydrogen (secondary N) is 1. The summed E-state index contributed by atoms with van der Waals surface area (Å²) in [5, 5.41) is 3.72. The predicted molar refractivity (Wildman–Crippen MR) is 222 cm³/mol. The molecule has 6 atom stereocenters. The summed E-state index contributed by atoms with van der Waals surface area (Å²) in [4.78, 5) is 16.1. The molecule has 5 heteroatoms. The molecule has 11 rings (SSSR count). The molecule has 54 heavy (non-hydrogen) atoms. The molecular weight excluding hydrogens is 659 g/mol. The smallest absolute Gasteiger partial charge is 0.160 e. The van der Waals surface area contributed by atoms with Gasteiger partial charge >= 0.3 is 0 Å². The Kier molecular flexibility index (Phi) is 7.39. The molecule has 262 valence electrons. The van der Waals surface area contributed by atoms with E-state index in [1.54, 1.807) is 0 Å². The minimum atomic E-state index is -0.123. The Morgan fingerprint density at radius 3 is 2.31 bits per heavy atom. The van der Waals surface area contributed by atoms with Crippen LogP contribution in [0.1, 0.15) is 65.0 Å². The standard InChI is InChI=1S/C49H41N5/c1-3-17-32(18-4-1)47-50-48(33-19-5-2-6-20-33)52-49(51-47)39-26-12-16-30-43(39)53-42-29-15-11-25-38(42)45-44(53)31-34-21-7-8-22-35(34)46(45)54-40-27-13-9-23-36(40)37-24-10-14-28-41(37)54/h1-15,17-19,21-29,31,33,36,40,45-46,48H,16,20,30H2,(H,50,51,52). The normalized spacial score (nSPS) is 27.0. The molecule has 3 heterocycles. The van der Waals surface area contributed by atoms with Crippen LogP contribution in [0.2, 0.25) is 0 Å². The van der Waals surface area contributed by atoms with Gasteiger partial charge in [-0.2, -0.15) is 0 Å². The summed E-state index contributed by atoms with van der Waals surface area (Å²) >= 11 is 0. The van der Waals surface area contributed by atoms with E-state index >= 15 is 0 Å². The summed E-state index contributed by atoms with van der Waals surface area (Å²) in [6.45, 7) is 0. The Bertz CT molecular complexity index is 2460. The van der Waals surface area contributed by atoms with Crippen molar-refractivity contribution in [1.82, 2.24) is 5.32 Å². The lowest BCUT2D eigenvalue weighted by molar-refractivity contribution is 0.475. The number of hydrogen-bond acceptors (Lipinski definition) is 5. The van der Waals surface area contributed by atoms with E-state index < -0.39 is 0 Å². The molecule has 4 aromatic carbocycles. The fourth-order valence-corrected chi connectivity index (χ4v) is 9.86. The molecule has 1 N–H and O–H groups in total. The van der Waals surface area contributed by atoms with Gasteiger partial charge < -0.3 is 15.1 Å². The van der Waals surface area contributed by atoms with Crippen molar-refractivity contribution in [3.8, 4) is 0 Å². The van der Waals surface area contributed by atoms with Gasteiger partial charge in [0.25, 0.3) is 0 Å². The Hall–Kier alpha value is -6.20. The second-order valence-electron chi connectivity index (χ2n) is 15.1. The van der Waals surface area contributed by atoms with Crippen LogP contribution in [0.15, 0.2) is 191 Å². The molecule has 6 unspecified atom stereocenters. The summed E-state index contributed by atoms with van der Waals surface area (Å²) in [5.41, 5.74) is 12.8. The monoisotopic (exact) mass is 699 g/mol. The quantitative estimate of drug-likeness (QED) is 0.226. The van der Waals surface area contributed by atoms with E-state index in [-0.39, 0.29) is 30.1 Å². The van der Waals surface area contributed by atoms with Crippen molar-refractivity contribution in [3.05, 3.63) is 209 Å². The van der Waals surface area contributed by atoms with Crippen molar-refractivity contribution in [2.75, 3.05) is 9.80 Å². The highest BCUT2D eigenvalue weighted by Crippen LogP contribution is 2.60. The third-order valence-electron chi connectivity index (χ3n) is 12.2. The van der Waals surface area contributed by atoms with Crippen molar-refractivity contribution >= 4 is 29.1 Å². The first-order chi connectivity index (χ1) is 26.8. The molecule has 0 spiro atoms. The molecule has 4 aliphatic carbocycles. The highest BCUT2D eigenvalue weighted by molar-refractivity contribution is 6.14. The van der Waals surface area contributed by atoms with Crippen LogP contribution in [-0.2, 0) is 0 Å². The lowest BCUT2D eigenvalue weighted by Gasteiger charge is -2.43. The average molecular weight is 700 g/mol. The maximum Gasteiger partial charge on any atom is 0.160 e. The molecule has 0 amide bonds. The van der Waals surface area contributed by atoms with Crippen LogP contribution in [0, 0.1) is 5.92 Å². The Morgan fingerprint density at radius 1 is 0.685 bits per heavy atom. The molecule has 0 saturated carbocycles. The van der Waals surface area contributed by atoms with Crippen LogP contribution in [0.4, 0.5) is 11.4 Å². The van der Waals surface area contributed by atoms with Crippen molar-refractivity contribution in [3.63, 3.8) is 0 Å². The van der Waals surface area contributed by atoms with Crippen LogP contribution in [-0.4, -0.2) is 23.9 Å². The van der Waals surface area contributed by atoms with Crippen molar-refractivity contribution in [2.45, 2.75) is 49.3 Å². The van der Waals surface area contributed by atoms with E-state index in [1.165, 1.54) is 45.0 Å². The largest absolute Gasteiger partial charge is 0.356 e. The topological polar surface area (TPSA) is 43.2 Å². The van der Waals surface area contributed by atoms with E-state index in [2.05, 4.69) is 185 Å². The molecule has 0 bridgehead atoms. The van der Waals surface area contributed by atoms with Gasteiger partial charge in [-0.05, 0) is 59.7 Å². The Balaban J connectivity index is 1.09. The fraction of sp³-hybridized carbons (Fsp3) is 0.184. The summed E-state index contributed by atoms with van der Waals surface area (Å²) in [6, 6.07) is 38.1. The maximum atomic E-state index is 5.43. The number of aliphatic imine (C=N–C) groups is 2. The lowest BCUT2D eigenvalue weighted by Crippen LogP contribution is -2.43. The first kappa shape index (κ1) is 31.3.